The van der Waals surface area contributed by atoms with Gasteiger partial charge in [-0.3, -0.25) is 0 Å². The van der Waals surface area contributed by atoms with E-state index >= 15 is 0 Å². The summed E-state index contributed by atoms with van der Waals surface area (Å²) in [6, 6.07) is 0. The third kappa shape index (κ3) is 132. The van der Waals surface area contributed by atoms with E-state index in [0.717, 1.165) is 13.8 Å². The van der Waals surface area contributed by atoms with Crippen LogP contribution >= 0.6 is 0 Å². The van der Waals surface area contributed by atoms with Crippen LogP contribution in [0.15, 0.2) is 0 Å². The molecular formula is C4H6CsO4Rb. The summed E-state index contributed by atoms with van der Waals surface area (Å²) in [5.74, 6) is -2.17. The van der Waals surface area contributed by atoms with Crippen LogP contribution in [0.4, 0.5) is 0 Å². The number of carboxylic acids is 2. The molecule has 0 aliphatic heterocycles. The van der Waals surface area contributed by atoms with Gasteiger partial charge in [-0.1, -0.05) is 0 Å². The zero-order valence-electron chi connectivity index (χ0n) is 6.63. The van der Waals surface area contributed by atoms with E-state index < -0.39 is 11.9 Å². The van der Waals surface area contributed by atoms with Crippen molar-refractivity contribution < 1.29 is 147 Å². The van der Waals surface area contributed by atoms with Crippen LogP contribution in [0.3, 0.4) is 0 Å². The number of aliphatic carboxylic acids is 2. The van der Waals surface area contributed by atoms with Crippen molar-refractivity contribution in [2.24, 2.45) is 0 Å². The molecule has 0 aromatic rings. The Morgan fingerprint density at radius 2 is 1.00 bits per heavy atom. The van der Waals surface area contributed by atoms with Gasteiger partial charge in [0.2, 0.25) is 0 Å². The van der Waals surface area contributed by atoms with Crippen molar-refractivity contribution in [2.75, 3.05) is 0 Å². The van der Waals surface area contributed by atoms with Crippen molar-refractivity contribution in [1.82, 2.24) is 0 Å². The van der Waals surface area contributed by atoms with Crippen LogP contribution in [0.1, 0.15) is 13.8 Å². The summed E-state index contributed by atoms with van der Waals surface area (Å²) in [6.07, 6.45) is 0. The summed E-state index contributed by atoms with van der Waals surface area (Å²) in [7, 11) is 0. The molecule has 0 saturated carbocycles. The first-order valence-corrected chi connectivity index (χ1v) is 1.82. The Kier molecular flexibility index (Phi) is 40.9. The number of hydrogen-bond donors (Lipinski definition) is 0. The van der Waals surface area contributed by atoms with E-state index in [-0.39, 0.29) is 127 Å². The van der Waals surface area contributed by atoms with Crippen LogP contribution in [0.2, 0.25) is 0 Å². The third-order valence-electron chi connectivity index (χ3n) is 0. The predicted octanol–water partition coefficient (Wildman–Crippen LogP) is -8.48. The number of carboxylic acid groups (broad SMARTS) is 2. The monoisotopic (exact) mass is 336 g/mol. The molecule has 48 valence electrons. The van der Waals surface area contributed by atoms with Crippen LogP contribution in [-0.4, -0.2) is 11.9 Å². The largest absolute Gasteiger partial charge is 1.00 e. The van der Waals surface area contributed by atoms with Gasteiger partial charge >= 0.3 is 127 Å². The minimum Gasteiger partial charge on any atom is -0.550 e. The van der Waals surface area contributed by atoms with E-state index in [2.05, 4.69) is 0 Å². The first kappa shape index (κ1) is 23.0. The predicted molar refractivity (Wildman–Crippen MR) is 21.4 cm³/mol. The fourth-order valence-electron chi connectivity index (χ4n) is 0. The van der Waals surface area contributed by atoms with Crippen molar-refractivity contribution in [3.8, 4) is 0 Å². The van der Waals surface area contributed by atoms with Gasteiger partial charge in [0.05, 0.1) is 0 Å². The van der Waals surface area contributed by atoms with Gasteiger partial charge in [-0.2, -0.15) is 0 Å². The zero-order chi connectivity index (χ0) is 7.15. The Morgan fingerprint density at radius 1 is 1.00 bits per heavy atom. The second kappa shape index (κ2) is 17.8. The summed E-state index contributed by atoms with van der Waals surface area (Å²) in [5.41, 5.74) is 0. The molecule has 0 aliphatic carbocycles. The van der Waals surface area contributed by atoms with Crippen LogP contribution in [-0.2, 0) is 9.59 Å². The first-order chi connectivity index (χ1) is 3.46. The smallest absolute Gasteiger partial charge is 0.550 e. The summed E-state index contributed by atoms with van der Waals surface area (Å²) in [6.45, 7) is 1.94. The van der Waals surface area contributed by atoms with E-state index in [1.807, 2.05) is 0 Å². The summed E-state index contributed by atoms with van der Waals surface area (Å²) in [5, 5.41) is 17.8. The van der Waals surface area contributed by atoms with Gasteiger partial charge in [0.1, 0.15) is 0 Å². The van der Waals surface area contributed by atoms with E-state index in [1.165, 1.54) is 0 Å². The maximum atomic E-state index is 8.89. The Bertz CT molecular complexity index is 75.3. The zero-order valence-corrected chi connectivity index (χ0v) is 17.8. The van der Waals surface area contributed by atoms with Crippen molar-refractivity contribution in [1.29, 1.82) is 0 Å². The molecule has 0 heterocycles. The fraction of sp³-hybridized carbons (Fsp3) is 0.500. The standard InChI is InChI=1S/2C2H4O2.Cs.Rb/c2*1-2(3)4;;/h2*1H3,(H,3,4);;/q;;2*+1/p-2. The molecule has 0 atom stereocenters. The molecule has 0 aliphatic rings. The number of carbonyl (C=O) groups is 2. The molecular weight excluding hydrogens is 330 g/mol. The third-order valence-corrected chi connectivity index (χ3v) is 0. The molecule has 0 radical (unpaired) electrons. The van der Waals surface area contributed by atoms with Crippen LogP contribution < -0.4 is 137 Å². The number of carbonyl (C=O) groups excluding carboxylic acids is 2. The molecule has 0 N–H and O–H groups in total. The van der Waals surface area contributed by atoms with Crippen molar-refractivity contribution in [3.05, 3.63) is 0 Å². The molecule has 0 aromatic heterocycles. The molecule has 0 aromatic carbocycles. The van der Waals surface area contributed by atoms with E-state index in [0.29, 0.717) is 0 Å². The van der Waals surface area contributed by atoms with Crippen molar-refractivity contribution in [2.45, 2.75) is 13.8 Å². The molecule has 0 spiro atoms. The van der Waals surface area contributed by atoms with Gasteiger partial charge < -0.3 is 19.8 Å². The Labute approximate surface area is 167 Å². The molecule has 0 fully saturated rings. The quantitative estimate of drug-likeness (QED) is 0.440. The average molecular weight is 336 g/mol. The van der Waals surface area contributed by atoms with Gasteiger partial charge in [0, 0.05) is 11.9 Å². The van der Waals surface area contributed by atoms with Gasteiger partial charge in [0.15, 0.2) is 0 Å². The second-order valence-corrected chi connectivity index (χ2v) is 0.983. The van der Waals surface area contributed by atoms with E-state index in [9.17, 15) is 0 Å². The minimum atomic E-state index is -1.08. The van der Waals surface area contributed by atoms with Gasteiger partial charge in [-0.25, -0.2) is 0 Å². The summed E-state index contributed by atoms with van der Waals surface area (Å²) in [4.78, 5) is 17.8. The molecule has 0 saturated heterocycles. The fourth-order valence-corrected chi connectivity index (χ4v) is 0. The maximum Gasteiger partial charge on any atom is 1.00 e. The molecule has 0 unspecified atom stereocenters. The molecule has 4 nitrogen and oxygen atoms in total. The number of hydrogen-bond acceptors (Lipinski definition) is 4. The van der Waals surface area contributed by atoms with Crippen molar-refractivity contribution in [3.63, 3.8) is 0 Å². The molecule has 0 rings (SSSR count). The Hall–Kier alpha value is 2.80. The Morgan fingerprint density at radius 3 is 1.00 bits per heavy atom. The average Bonchev–Trinajstić information content (AvgIpc) is 1.25. The van der Waals surface area contributed by atoms with Crippen molar-refractivity contribution >= 4 is 11.9 Å². The van der Waals surface area contributed by atoms with E-state index in [1.54, 1.807) is 0 Å². The second-order valence-electron chi connectivity index (χ2n) is 0.983. The minimum absolute atomic E-state index is 0. The number of rotatable bonds is 0. The Balaban J connectivity index is -0.0000000300. The SMILES string of the molecule is CC(=O)[O-].CC(=O)[O-].[Cs+].[Rb+]. The van der Waals surface area contributed by atoms with E-state index in [4.69, 9.17) is 19.8 Å². The molecule has 6 heteroatoms. The van der Waals surface area contributed by atoms with Gasteiger partial charge in [0.25, 0.3) is 0 Å². The van der Waals surface area contributed by atoms with Crippen LogP contribution in [0, 0.1) is 0 Å². The first-order valence-electron chi connectivity index (χ1n) is 1.82. The summed E-state index contributed by atoms with van der Waals surface area (Å²) < 4.78 is 0. The molecule has 10 heavy (non-hydrogen) atoms. The van der Waals surface area contributed by atoms with Gasteiger partial charge in [-0.05, 0) is 13.8 Å². The summed E-state index contributed by atoms with van der Waals surface area (Å²) >= 11 is 0. The maximum absolute atomic E-state index is 8.89. The van der Waals surface area contributed by atoms with Crippen LogP contribution in [0.25, 0.3) is 0 Å². The molecule has 0 amide bonds. The van der Waals surface area contributed by atoms with Crippen LogP contribution in [0.5, 0.6) is 0 Å². The normalized spacial score (nSPS) is 5.00. The molecule has 0 bridgehead atoms. The van der Waals surface area contributed by atoms with Gasteiger partial charge in [-0.15, -0.1) is 0 Å². The topological polar surface area (TPSA) is 80.3 Å².